The summed E-state index contributed by atoms with van der Waals surface area (Å²) in [5.74, 6) is -1.63. The molecule has 4 atom stereocenters. The van der Waals surface area contributed by atoms with Crippen LogP contribution in [0.3, 0.4) is 0 Å². The molecule has 1 amide bonds. The highest BCUT2D eigenvalue weighted by atomic mass is 19.4. The lowest BCUT2D eigenvalue weighted by Crippen LogP contribution is -2.39. The summed E-state index contributed by atoms with van der Waals surface area (Å²) in [5.41, 5.74) is 2.91. The Kier molecular flexibility index (Phi) is 9.67. The van der Waals surface area contributed by atoms with Crippen molar-refractivity contribution in [1.29, 1.82) is 0 Å². The highest BCUT2D eigenvalue weighted by molar-refractivity contribution is 5.81. The second kappa shape index (κ2) is 13.6. The number of hydrogen-bond acceptors (Lipinski definition) is 5. The Morgan fingerprint density at radius 2 is 1.61 bits per heavy atom. The second-order valence-electron chi connectivity index (χ2n) is 14.0. The van der Waals surface area contributed by atoms with Gasteiger partial charge in [0.25, 0.3) is 0 Å². The van der Waals surface area contributed by atoms with E-state index in [0.29, 0.717) is 57.4 Å². The third-order valence-electron chi connectivity index (χ3n) is 11.1. The van der Waals surface area contributed by atoms with Gasteiger partial charge in [-0.15, -0.1) is 0 Å². The summed E-state index contributed by atoms with van der Waals surface area (Å²) < 4.78 is 47.4. The van der Waals surface area contributed by atoms with Gasteiger partial charge in [0.1, 0.15) is 0 Å². The summed E-state index contributed by atoms with van der Waals surface area (Å²) in [5, 5.41) is 9.50. The van der Waals surface area contributed by atoms with Crippen molar-refractivity contribution in [2.24, 2.45) is 17.8 Å². The molecule has 3 saturated heterocycles. The van der Waals surface area contributed by atoms with E-state index in [9.17, 15) is 27.9 Å². The van der Waals surface area contributed by atoms with Gasteiger partial charge >= 0.3 is 12.1 Å². The topological polar surface area (TPSA) is 73.3 Å². The summed E-state index contributed by atoms with van der Waals surface area (Å²) in [6.45, 7) is 5.67. The van der Waals surface area contributed by atoms with Crippen LogP contribution in [-0.2, 0) is 20.5 Å². The first kappa shape index (κ1) is 32.8. The minimum absolute atomic E-state index is 0.0776. The zero-order chi connectivity index (χ0) is 32.6. The van der Waals surface area contributed by atoms with Gasteiger partial charge in [0.2, 0.25) is 5.91 Å². The van der Waals surface area contributed by atoms with Crippen molar-refractivity contribution in [3.63, 3.8) is 0 Å². The Balaban J connectivity index is 1.28. The first-order valence-electron chi connectivity index (χ1n) is 16.8. The Bertz CT molecular complexity index is 1390. The molecule has 4 fully saturated rings. The number of rotatable bonds is 8. The number of aliphatic carboxylic acids is 1. The van der Waals surface area contributed by atoms with E-state index in [0.717, 1.165) is 24.7 Å². The first-order valence-corrected chi connectivity index (χ1v) is 16.8. The quantitative estimate of drug-likeness (QED) is 0.372. The number of amides is 1. The van der Waals surface area contributed by atoms with Gasteiger partial charge < -0.3 is 19.6 Å². The van der Waals surface area contributed by atoms with Gasteiger partial charge in [0.15, 0.2) is 0 Å². The molecule has 0 unspecified atom stereocenters. The van der Waals surface area contributed by atoms with Crippen LogP contribution in [0.5, 0.6) is 0 Å². The number of carboxylic acid groups (broad SMARTS) is 1. The Morgan fingerprint density at radius 3 is 2.24 bits per heavy atom. The summed E-state index contributed by atoms with van der Waals surface area (Å²) in [4.78, 5) is 32.5. The van der Waals surface area contributed by atoms with Gasteiger partial charge in [-0.1, -0.05) is 48.7 Å². The first-order chi connectivity index (χ1) is 22.0. The van der Waals surface area contributed by atoms with Crippen LogP contribution in [0, 0.1) is 24.7 Å². The third-order valence-corrected chi connectivity index (χ3v) is 11.1. The molecule has 0 spiro atoms. The summed E-state index contributed by atoms with van der Waals surface area (Å²) in [7, 11) is 1.62. The van der Waals surface area contributed by atoms with E-state index in [4.69, 9.17) is 4.74 Å². The molecule has 1 aliphatic carbocycles. The van der Waals surface area contributed by atoms with Crippen LogP contribution in [0.25, 0.3) is 0 Å². The highest BCUT2D eigenvalue weighted by Gasteiger charge is 2.46. The smallest absolute Gasteiger partial charge is 0.416 e. The number of carbonyl (C=O) groups is 2. The van der Waals surface area contributed by atoms with E-state index >= 15 is 0 Å². The Hall–Kier alpha value is -3.11. The average molecular weight is 642 g/mol. The van der Waals surface area contributed by atoms with Gasteiger partial charge in [0, 0.05) is 75.9 Å². The summed E-state index contributed by atoms with van der Waals surface area (Å²) >= 11 is 0. The average Bonchev–Trinajstić information content (AvgIpc) is 3.81. The molecule has 7 nitrogen and oxygen atoms in total. The largest absolute Gasteiger partial charge is 0.481 e. The molecular formula is C36H46F3N3O4. The van der Waals surface area contributed by atoms with Crippen molar-refractivity contribution in [2.45, 2.75) is 69.5 Å². The third kappa shape index (κ3) is 6.79. The second-order valence-corrected chi connectivity index (χ2v) is 14.0. The molecule has 0 radical (unpaired) electrons. The van der Waals surface area contributed by atoms with Gasteiger partial charge in [-0.05, 0) is 55.9 Å². The Labute approximate surface area is 269 Å². The van der Waals surface area contributed by atoms with E-state index in [1.54, 1.807) is 13.2 Å². The molecule has 1 N–H and O–H groups in total. The molecule has 250 valence electrons. The summed E-state index contributed by atoms with van der Waals surface area (Å²) in [6.07, 6.45) is 1.04. The number of methoxy groups -OCH3 is 1. The predicted octanol–water partition coefficient (Wildman–Crippen LogP) is 6.16. The van der Waals surface area contributed by atoms with Crippen molar-refractivity contribution in [3.05, 3.63) is 64.7 Å². The molecule has 3 heterocycles. The van der Waals surface area contributed by atoms with E-state index in [-0.39, 0.29) is 29.6 Å². The number of likely N-dealkylation sites (tertiary alicyclic amines) is 2. The minimum Gasteiger partial charge on any atom is -0.481 e. The molecule has 10 heteroatoms. The number of carbonyl (C=O) groups excluding carboxylic acids is 1. The van der Waals surface area contributed by atoms with Crippen LogP contribution < -0.4 is 4.90 Å². The number of alkyl halides is 3. The molecule has 46 heavy (non-hydrogen) atoms. The predicted molar refractivity (Wildman–Crippen MR) is 170 cm³/mol. The molecule has 0 bridgehead atoms. The van der Waals surface area contributed by atoms with Crippen molar-refractivity contribution in [3.8, 4) is 0 Å². The van der Waals surface area contributed by atoms with E-state index < -0.39 is 23.6 Å². The monoisotopic (exact) mass is 641 g/mol. The number of hydrogen-bond donors (Lipinski definition) is 1. The number of anilines is 1. The Morgan fingerprint density at radius 1 is 0.913 bits per heavy atom. The molecule has 4 aliphatic rings. The van der Waals surface area contributed by atoms with Gasteiger partial charge in [0.05, 0.1) is 24.0 Å². The van der Waals surface area contributed by atoms with Gasteiger partial charge in [-0.3, -0.25) is 14.5 Å². The molecule has 6 rings (SSSR count). The lowest BCUT2D eigenvalue weighted by atomic mass is 9.86. The fourth-order valence-electron chi connectivity index (χ4n) is 8.50. The molecule has 2 aromatic rings. The maximum atomic E-state index is 14.5. The van der Waals surface area contributed by atoms with Crippen LogP contribution in [0.2, 0.25) is 0 Å². The van der Waals surface area contributed by atoms with Crippen molar-refractivity contribution < 1.29 is 32.6 Å². The number of ether oxygens (including phenoxy) is 1. The number of halogens is 3. The lowest BCUT2D eigenvalue weighted by Gasteiger charge is -2.35. The summed E-state index contributed by atoms with van der Waals surface area (Å²) in [6, 6.07) is 13.0. The maximum absolute atomic E-state index is 14.5. The van der Waals surface area contributed by atoms with Crippen molar-refractivity contribution in [1.82, 2.24) is 9.80 Å². The molecular weight excluding hydrogens is 595 g/mol. The fourth-order valence-corrected chi connectivity index (χ4v) is 8.50. The van der Waals surface area contributed by atoms with Gasteiger partial charge in [-0.2, -0.15) is 13.2 Å². The molecule has 0 aromatic heterocycles. The fraction of sp³-hybridized carbons (Fsp3) is 0.611. The normalized spacial score (nSPS) is 26.7. The van der Waals surface area contributed by atoms with Crippen LogP contribution in [0.15, 0.2) is 42.5 Å². The van der Waals surface area contributed by atoms with Crippen LogP contribution in [0.4, 0.5) is 18.9 Å². The number of aryl methyl sites for hydroxylation is 1. The van der Waals surface area contributed by atoms with E-state index in [1.165, 1.54) is 42.9 Å². The molecule has 3 aliphatic heterocycles. The minimum atomic E-state index is -4.51. The van der Waals surface area contributed by atoms with Crippen LogP contribution in [-0.4, -0.2) is 85.8 Å². The molecule has 1 saturated carbocycles. The van der Waals surface area contributed by atoms with E-state index in [2.05, 4.69) is 36.1 Å². The van der Waals surface area contributed by atoms with Crippen LogP contribution >= 0.6 is 0 Å². The lowest BCUT2D eigenvalue weighted by molar-refractivity contribution is -0.142. The number of piperidine rings is 1. The highest BCUT2D eigenvalue weighted by Crippen LogP contribution is 2.44. The molecule has 2 aromatic carbocycles. The SMILES string of the molecule is COC[C@H]1CN(C(=O)[C@@H]2CN(C3CCCC3)C[C@H]2c2ccc(C)cc2)C[C@@H]1c1ccc(C(F)(F)F)cc1N1CCC(C(=O)O)CC1. The zero-order valence-electron chi connectivity index (χ0n) is 26.8. The standard InChI is InChI=1S/C36H46F3N3O4/c1-23-7-9-24(10-8-23)30-19-41(28-5-3-4-6-28)21-32(30)34(43)42-18-26(22-46-2)31(20-42)29-12-11-27(36(37,38)39)17-33(29)40-15-13-25(14-16-40)35(44)45/h7-12,17,25-26,28,30-32H,3-6,13-16,18-22H2,1-2H3,(H,44,45)/t26-,30+,31+,32-/m1/s1. The van der Waals surface area contributed by atoms with Crippen LogP contribution in [0.1, 0.15) is 72.6 Å². The van der Waals surface area contributed by atoms with E-state index in [1.807, 2.05) is 9.80 Å². The van der Waals surface area contributed by atoms with Crippen molar-refractivity contribution >= 4 is 17.6 Å². The van der Waals surface area contributed by atoms with Gasteiger partial charge in [-0.25, -0.2) is 0 Å². The maximum Gasteiger partial charge on any atom is 0.416 e. The number of nitrogens with zero attached hydrogens (tertiary/aromatic N) is 3. The van der Waals surface area contributed by atoms with Crippen molar-refractivity contribution in [2.75, 3.05) is 57.9 Å². The number of benzene rings is 2. The number of carboxylic acids is 1. The zero-order valence-corrected chi connectivity index (χ0v) is 26.8.